The van der Waals surface area contributed by atoms with Crippen molar-refractivity contribution >= 4 is 5.91 Å². The van der Waals surface area contributed by atoms with E-state index in [-0.39, 0.29) is 11.7 Å². The van der Waals surface area contributed by atoms with Crippen LogP contribution in [0.2, 0.25) is 0 Å². The maximum Gasteiger partial charge on any atom is 0.279 e. The average molecular weight is 304 g/mol. The average Bonchev–Trinajstić information content (AvgIpc) is 3.28. The number of hydrogen-bond acceptors (Lipinski definition) is 5. The van der Waals surface area contributed by atoms with E-state index in [1.54, 1.807) is 0 Å². The third-order valence-electron chi connectivity index (χ3n) is 4.85. The minimum Gasteiger partial charge on any atom is -0.375 e. The zero-order valence-corrected chi connectivity index (χ0v) is 12.3. The molecule has 0 aromatic carbocycles. The first-order valence-corrected chi connectivity index (χ1v) is 7.91. The van der Waals surface area contributed by atoms with Crippen LogP contribution in [0.5, 0.6) is 0 Å². The van der Waals surface area contributed by atoms with Crippen LogP contribution < -0.4 is 10.9 Å². The van der Waals surface area contributed by atoms with Crippen LogP contribution in [0.15, 0.2) is 17.2 Å². The second-order valence-corrected chi connectivity index (χ2v) is 6.49. The lowest BCUT2D eigenvalue weighted by Gasteiger charge is -2.35. The molecule has 7 nitrogen and oxygen atoms in total. The van der Waals surface area contributed by atoms with Gasteiger partial charge in [-0.2, -0.15) is 0 Å². The first-order chi connectivity index (χ1) is 10.7. The van der Waals surface area contributed by atoms with Crippen molar-refractivity contribution in [3.63, 3.8) is 0 Å². The summed E-state index contributed by atoms with van der Waals surface area (Å²) in [6.45, 7) is 2.54. The molecule has 4 rings (SSSR count). The van der Waals surface area contributed by atoms with Gasteiger partial charge in [0, 0.05) is 37.6 Å². The summed E-state index contributed by atoms with van der Waals surface area (Å²) >= 11 is 0. The summed E-state index contributed by atoms with van der Waals surface area (Å²) in [5, 5.41) is 2.93. The zero-order chi connectivity index (χ0) is 15.1. The third-order valence-corrected chi connectivity index (χ3v) is 4.85. The molecule has 2 aliphatic heterocycles. The molecule has 3 fully saturated rings. The number of carbonyl (C=O) groups is 1. The molecule has 118 valence electrons. The van der Waals surface area contributed by atoms with Crippen LogP contribution in [0.25, 0.3) is 0 Å². The lowest BCUT2D eigenvalue weighted by Crippen LogP contribution is -2.47. The predicted molar refractivity (Wildman–Crippen MR) is 78.6 cm³/mol. The Morgan fingerprint density at radius 1 is 1.41 bits per heavy atom. The van der Waals surface area contributed by atoms with Crippen LogP contribution in [0.1, 0.15) is 29.8 Å². The van der Waals surface area contributed by atoms with Crippen LogP contribution >= 0.6 is 0 Å². The van der Waals surface area contributed by atoms with Crippen LogP contribution in [0.4, 0.5) is 0 Å². The normalized spacial score (nSPS) is 31.7. The lowest BCUT2D eigenvalue weighted by molar-refractivity contribution is -0.0581. The van der Waals surface area contributed by atoms with Gasteiger partial charge in [-0.25, -0.2) is 4.98 Å². The van der Waals surface area contributed by atoms with Crippen molar-refractivity contribution in [2.24, 2.45) is 5.92 Å². The first-order valence-electron chi connectivity index (χ1n) is 7.91. The Bertz CT molecular complexity index is 627. The Hall–Kier alpha value is -1.73. The van der Waals surface area contributed by atoms with Crippen molar-refractivity contribution in [2.45, 2.75) is 37.5 Å². The monoisotopic (exact) mass is 304 g/mol. The third kappa shape index (κ3) is 2.66. The second-order valence-electron chi connectivity index (χ2n) is 6.49. The van der Waals surface area contributed by atoms with E-state index in [1.807, 2.05) is 0 Å². The standard InChI is InChI=1S/C15H20N4O3/c20-14-13(16-3-4-17-14)15(21)18-10-5-11-8-22-12(9-1-2-9)7-19(11)6-10/h3-4,9-12H,1-2,5-8H2,(H,17,20)(H,18,21)/t10-,11+,12-/m1/s1. The quantitative estimate of drug-likeness (QED) is 0.804. The number of carbonyl (C=O) groups excluding carboxylic acids is 1. The second kappa shape index (κ2) is 5.48. The van der Waals surface area contributed by atoms with Gasteiger partial charge in [0.05, 0.1) is 12.7 Å². The van der Waals surface area contributed by atoms with Crippen molar-refractivity contribution in [1.82, 2.24) is 20.2 Å². The summed E-state index contributed by atoms with van der Waals surface area (Å²) in [6.07, 6.45) is 6.64. The van der Waals surface area contributed by atoms with E-state index >= 15 is 0 Å². The maximum absolute atomic E-state index is 12.2. The Morgan fingerprint density at radius 3 is 3.05 bits per heavy atom. The fraction of sp³-hybridized carbons (Fsp3) is 0.667. The smallest absolute Gasteiger partial charge is 0.279 e. The summed E-state index contributed by atoms with van der Waals surface area (Å²) in [6, 6.07) is 0.433. The number of H-pyrrole nitrogens is 1. The molecule has 0 bridgehead atoms. The zero-order valence-electron chi connectivity index (χ0n) is 12.3. The van der Waals surface area contributed by atoms with Gasteiger partial charge < -0.3 is 15.0 Å². The fourth-order valence-electron chi connectivity index (χ4n) is 3.52. The largest absolute Gasteiger partial charge is 0.375 e. The molecule has 0 spiro atoms. The molecule has 2 N–H and O–H groups in total. The summed E-state index contributed by atoms with van der Waals surface area (Å²) < 4.78 is 5.95. The SMILES string of the molecule is O=C(N[C@@H]1C[C@H]2CO[C@@H](C3CC3)CN2C1)c1ncc[nH]c1=O. The number of amides is 1. The van der Waals surface area contributed by atoms with Crippen molar-refractivity contribution in [3.8, 4) is 0 Å². The van der Waals surface area contributed by atoms with Crippen LogP contribution in [0, 0.1) is 5.92 Å². The van der Waals surface area contributed by atoms with Crippen molar-refractivity contribution in [2.75, 3.05) is 19.7 Å². The molecular formula is C15H20N4O3. The van der Waals surface area contributed by atoms with Crippen LogP contribution in [-0.4, -0.2) is 58.7 Å². The molecule has 7 heteroatoms. The van der Waals surface area contributed by atoms with Gasteiger partial charge in [0.2, 0.25) is 0 Å². The molecular weight excluding hydrogens is 284 g/mol. The van der Waals surface area contributed by atoms with Crippen molar-refractivity contribution in [1.29, 1.82) is 0 Å². The number of morpholine rings is 1. The number of aromatic amines is 1. The molecule has 3 aliphatic rings. The number of aromatic nitrogens is 2. The highest BCUT2D eigenvalue weighted by atomic mass is 16.5. The Balaban J connectivity index is 1.38. The van der Waals surface area contributed by atoms with Crippen LogP contribution in [0.3, 0.4) is 0 Å². The van der Waals surface area contributed by atoms with Gasteiger partial charge >= 0.3 is 0 Å². The topological polar surface area (TPSA) is 87.3 Å². The number of nitrogens with one attached hydrogen (secondary N) is 2. The number of fused-ring (bicyclic) bond motifs is 1. The lowest BCUT2D eigenvalue weighted by atomic mass is 10.1. The molecule has 3 heterocycles. The molecule has 1 aromatic heterocycles. The molecule has 3 atom stereocenters. The Kier molecular flexibility index (Phi) is 3.46. The highest BCUT2D eigenvalue weighted by Gasteiger charge is 2.42. The van der Waals surface area contributed by atoms with E-state index in [0.717, 1.165) is 32.0 Å². The molecule has 2 saturated heterocycles. The molecule has 1 aromatic rings. The Morgan fingerprint density at radius 2 is 2.27 bits per heavy atom. The minimum absolute atomic E-state index is 0.0560. The van der Waals surface area contributed by atoms with Gasteiger partial charge in [-0.15, -0.1) is 0 Å². The number of hydrogen-bond donors (Lipinski definition) is 2. The summed E-state index contributed by atoms with van der Waals surface area (Å²) in [5.41, 5.74) is -0.521. The fourth-order valence-corrected chi connectivity index (χ4v) is 3.52. The van der Waals surface area contributed by atoms with E-state index in [0.29, 0.717) is 12.1 Å². The van der Waals surface area contributed by atoms with E-state index < -0.39 is 11.5 Å². The highest BCUT2D eigenvalue weighted by molar-refractivity contribution is 5.92. The highest BCUT2D eigenvalue weighted by Crippen LogP contribution is 2.37. The molecule has 22 heavy (non-hydrogen) atoms. The minimum atomic E-state index is -0.451. The van der Waals surface area contributed by atoms with Crippen LogP contribution in [-0.2, 0) is 4.74 Å². The van der Waals surface area contributed by atoms with E-state index in [2.05, 4.69) is 20.2 Å². The van der Waals surface area contributed by atoms with Gasteiger partial charge in [-0.05, 0) is 25.2 Å². The first kappa shape index (κ1) is 13.9. The number of rotatable bonds is 3. The number of ether oxygens (including phenoxy) is 1. The van der Waals surface area contributed by atoms with Gasteiger partial charge in [-0.1, -0.05) is 0 Å². The molecule has 1 amide bonds. The van der Waals surface area contributed by atoms with Crippen molar-refractivity contribution in [3.05, 3.63) is 28.4 Å². The Labute approximate surface area is 128 Å². The van der Waals surface area contributed by atoms with Gasteiger partial charge in [0.25, 0.3) is 11.5 Å². The summed E-state index contributed by atoms with van der Waals surface area (Å²) in [5.74, 6) is 0.341. The van der Waals surface area contributed by atoms with E-state index in [1.165, 1.54) is 25.2 Å². The molecule has 0 radical (unpaired) electrons. The van der Waals surface area contributed by atoms with Gasteiger partial charge in [0.15, 0.2) is 5.69 Å². The summed E-state index contributed by atoms with van der Waals surface area (Å²) in [4.78, 5) is 32.5. The van der Waals surface area contributed by atoms with E-state index in [9.17, 15) is 9.59 Å². The molecule has 1 saturated carbocycles. The van der Waals surface area contributed by atoms with Crippen molar-refractivity contribution < 1.29 is 9.53 Å². The van der Waals surface area contributed by atoms with E-state index in [4.69, 9.17) is 4.74 Å². The maximum atomic E-state index is 12.2. The van der Waals surface area contributed by atoms with Gasteiger partial charge in [-0.3, -0.25) is 14.5 Å². The van der Waals surface area contributed by atoms with Gasteiger partial charge in [0.1, 0.15) is 0 Å². The molecule has 0 unspecified atom stereocenters. The predicted octanol–water partition coefficient (Wildman–Crippen LogP) is -0.249. The number of nitrogens with zero attached hydrogens (tertiary/aromatic N) is 2. The summed E-state index contributed by atoms with van der Waals surface area (Å²) in [7, 11) is 0. The molecule has 1 aliphatic carbocycles.